The van der Waals surface area contributed by atoms with Crippen LogP contribution in [-0.4, -0.2) is 52.5 Å². The molecule has 0 radical (unpaired) electrons. The summed E-state index contributed by atoms with van der Waals surface area (Å²) in [5, 5.41) is 11.6. The lowest BCUT2D eigenvalue weighted by Crippen LogP contribution is -2.65. The minimum Gasteiger partial charge on any atom is -0.481 e. The van der Waals surface area contributed by atoms with E-state index in [-0.39, 0.29) is 12.3 Å². The molecule has 2 fully saturated rings. The molecule has 1 heterocycles. The van der Waals surface area contributed by atoms with Crippen LogP contribution in [0, 0.1) is 5.92 Å². The number of nitrogens with one attached hydrogen (secondary N) is 1. The fourth-order valence-corrected chi connectivity index (χ4v) is 3.40. The van der Waals surface area contributed by atoms with Gasteiger partial charge in [-0.05, 0) is 18.8 Å². The van der Waals surface area contributed by atoms with Gasteiger partial charge in [0.2, 0.25) is 11.8 Å². The van der Waals surface area contributed by atoms with Crippen LogP contribution < -0.4 is 11.1 Å². The Bertz CT molecular complexity index is 454. The fraction of sp³-hybridized carbons (Fsp3) is 0.786. The molecule has 2 amide bonds. The van der Waals surface area contributed by atoms with Crippen molar-refractivity contribution < 1.29 is 19.5 Å². The Kier molecular flexibility index (Phi) is 4.51. The third-order valence-corrected chi connectivity index (χ3v) is 4.42. The molecule has 3 atom stereocenters. The molecule has 1 saturated carbocycles. The Morgan fingerprint density at radius 1 is 1.52 bits per heavy atom. The van der Waals surface area contributed by atoms with Crippen LogP contribution in [0.1, 0.15) is 39.0 Å². The number of nitrogens with two attached hydrogens (primary N) is 1. The van der Waals surface area contributed by atoms with Crippen molar-refractivity contribution in [3.8, 4) is 0 Å². The van der Waals surface area contributed by atoms with Crippen LogP contribution in [0.4, 0.5) is 0 Å². The van der Waals surface area contributed by atoms with Crippen molar-refractivity contribution in [3.63, 3.8) is 0 Å². The summed E-state index contributed by atoms with van der Waals surface area (Å²) >= 11 is 0. The van der Waals surface area contributed by atoms with Crippen LogP contribution in [-0.2, 0) is 14.4 Å². The summed E-state index contributed by atoms with van der Waals surface area (Å²) in [4.78, 5) is 37.0. The van der Waals surface area contributed by atoms with Gasteiger partial charge >= 0.3 is 5.97 Å². The molecule has 0 bridgehead atoms. The van der Waals surface area contributed by atoms with Crippen molar-refractivity contribution in [2.75, 3.05) is 13.1 Å². The van der Waals surface area contributed by atoms with Gasteiger partial charge in [0.15, 0.2) is 0 Å². The molecule has 3 unspecified atom stereocenters. The number of carboxylic acid groups (broad SMARTS) is 1. The average molecular weight is 297 g/mol. The second-order valence-electron chi connectivity index (χ2n) is 6.26. The quantitative estimate of drug-likeness (QED) is 0.662. The number of piperazine rings is 1. The number of amides is 2. The average Bonchev–Trinajstić information content (AvgIpc) is 2.39. The highest BCUT2D eigenvalue weighted by Gasteiger charge is 2.45. The van der Waals surface area contributed by atoms with Gasteiger partial charge < -0.3 is 21.1 Å². The van der Waals surface area contributed by atoms with Crippen molar-refractivity contribution in [2.24, 2.45) is 11.7 Å². The van der Waals surface area contributed by atoms with E-state index in [0.717, 1.165) is 12.8 Å². The van der Waals surface area contributed by atoms with Crippen LogP contribution in [0.25, 0.3) is 0 Å². The maximum Gasteiger partial charge on any atom is 0.305 e. The molecule has 118 valence electrons. The zero-order chi connectivity index (χ0) is 15.6. The molecule has 1 aliphatic heterocycles. The SMILES string of the molecule is CC1CCCC(N)(C(=O)N2CCNC(=O)C2CC(=O)O)C1. The van der Waals surface area contributed by atoms with Gasteiger partial charge in [-0.3, -0.25) is 14.4 Å². The number of carbonyl (C=O) groups is 3. The normalized spacial score (nSPS) is 33.4. The van der Waals surface area contributed by atoms with Gasteiger partial charge in [0.1, 0.15) is 6.04 Å². The Morgan fingerprint density at radius 2 is 2.24 bits per heavy atom. The largest absolute Gasteiger partial charge is 0.481 e. The third-order valence-electron chi connectivity index (χ3n) is 4.42. The molecule has 0 aromatic carbocycles. The lowest BCUT2D eigenvalue weighted by Gasteiger charge is -2.43. The topological polar surface area (TPSA) is 113 Å². The van der Waals surface area contributed by atoms with Crippen molar-refractivity contribution in [1.82, 2.24) is 10.2 Å². The second kappa shape index (κ2) is 6.01. The van der Waals surface area contributed by atoms with Crippen LogP contribution in [0.3, 0.4) is 0 Å². The van der Waals surface area contributed by atoms with E-state index in [1.807, 2.05) is 0 Å². The minimum absolute atomic E-state index is 0.282. The van der Waals surface area contributed by atoms with E-state index in [1.54, 1.807) is 0 Å². The molecule has 1 aliphatic carbocycles. The van der Waals surface area contributed by atoms with E-state index in [9.17, 15) is 14.4 Å². The van der Waals surface area contributed by atoms with Gasteiger partial charge in [-0.15, -0.1) is 0 Å². The second-order valence-corrected chi connectivity index (χ2v) is 6.26. The summed E-state index contributed by atoms with van der Waals surface area (Å²) in [5.41, 5.74) is 5.33. The van der Waals surface area contributed by atoms with Gasteiger partial charge in [-0.1, -0.05) is 19.8 Å². The van der Waals surface area contributed by atoms with E-state index in [0.29, 0.717) is 31.8 Å². The summed E-state index contributed by atoms with van der Waals surface area (Å²) in [6, 6.07) is -0.957. The summed E-state index contributed by atoms with van der Waals surface area (Å²) in [5.74, 6) is -1.43. The smallest absolute Gasteiger partial charge is 0.305 e. The number of nitrogens with zero attached hydrogens (tertiary/aromatic N) is 1. The molecule has 2 rings (SSSR count). The maximum absolute atomic E-state index is 12.8. The van der Waals surface area contributed by atoms with Crippen LogP contribution in [0.15, 0.2) is 0 Å². The maximum atomic E-state index is 12.8. The highest BCUT2D eigenvalue weighted by molar-refractivity contribution is 5.94. The molecule has 7 heteroatoms. The first-order valence-electron chi connectivity index (χ1n) is 7.43. The summed E-state index contributed by atoms with van der Waals surface area (Å²) in [6.45, 7) is 2.72. The Labute approximate surface area is 123 Å². The molecule has 21 heavy (non-hydrogen) atoms. The molecular weight excluding hydrogens is 274 g/mol. The van der Waals surface area contributed by atoms with E-state index in [4.69, 9.17) is 10.8 Å². The van der Waals surface area contributed by atoms with Crippen LogP contribution in [0.2, 0.25) is 0 Å². The highest BCUT2D eigenvalue weighted by Crippen LogP contribution is 2.32. The lowest BCUT2D eigenvalue weighted by atomic mass is 9.76. The molecule has 4 N–H and O–H groups in total. The molecule has 0 spiro atoms. The molecular formula is C14H23N3O4. The van der Waals surface area contributed by atoms with Crippen molar-refractivity contribution in [3.05, 3.63) is 0 Å². The van der Waals surface area contributed by atoms with Gasteiger partial charge in [-0.25, -0.2) is 0 Å². The van der Waals surface area contributed by atoms with Crippen LogP contribution in [0.5, 0.6) is 0 Å². The minimum atomic E-state index is -1.10. The first kappa shape index (κ1) is 15.8. The van der Waals surface area contributed by atoms with E-state index in [2.05, 4.69) is 12.2 Å². The zero-order valence-electron chi connectivity index (χ0n) is 12.3. The van der Waals surface area contributed by atoms with Crippen LogP contribution >= 0.6 is 0 Å². The third kappa shape index (κ3) is 3.34. The number of hydrogen-bond acceptors (Lipinski definition) is 4. The molecule has 7 nitrogen and oxygen atoms in total. The monoisotopic (exact) mass is 297 g/mol. The van der Waals surface area contributed by atoms with Crippen molar-refractivity contribution in [2.45, 2.75) is 50.6 Å². The van der Waals surface area contributed by atoms with Crippen molar-refractivity contribution >= 4 is 17.8 Å². The van der Waals surface area contributed by atoms with E-state index < -0.39 is 23.5 Å². The standard InChI is InChI=1S/C14H23N3O4/c1-9-3-2-4-14(15,8-9)13(21)17-6-5-16-12(20)10(17)7-11(18)19/h9-10H,2-8,15H2,1H3,(H,16,20)(H,18,19). The van der Waals surface area contributed by atoms with Gasteiger partial charge in [0.25, 0.3) is 0 Å². The number of aliphatic carboxylic acids is 1. The molecule has 0 aromatic rings. The molecule has 1 saturated heterocycles. The Balaban J connectivity index is 2.18. The predicted molar refractivity (Wildman–Crippen MR) is 75.3 cm³/mol. The number of carboxylic acids is 1. The van der Waals surface area contributed by atoms with Gasteiger partial charge in [0, 0.05) is 13.1 Å². The number of hydrogen-bond donors (Lipinski definition) is 3. The van der Waals surface area contributed by atoms with Crippen molar-refractivity contribution in [1.29, 1.82) is 0 Å². The first-order chi connectivity index (χ1) is 9.83. The first-order valence-corrected chi connectivity index (χ1v) is 7.43. The molecule has 2 aliphatic rings. The summed E-state index contributed by atoms with van der Waals surface area (Å²) in [7, 11) is 0. The zero-order valence-corrected chi connectivity index (χ0v) is 12.3. The summed E-state index contributed by atoms with van der Waals surface area (Å²) in [6.07, 6.45) is 2.72. The Hall–Kier alpha value is -1.63. The van der Waals surface area contributed by atoms with Gasteiger partial charge in [0.05, 0.1) is 12.0 Å². The van der Waals surface area contributed by atoms with Gasteiger partial charge in [-0.2, -0.15) is 0 Å². The predicted octanol–water partition coefficient (Wildman–Crippen LogP) is -0.304. The summed E-state index contributed by atoms with van der Waals surface area (Å²) < 4.78 is 0. The van der Waals surface area contributed by atoms with E-state index in [1.165, 1.54) is 4.90 Å². The molecule has 0 aromatic heterocycles. The number of rotatable bonds is 3. The number of carbonyl (C=O) groups excluding carboxylic acids is 2. The fourth-order valence-electron chi connectivity index (χ4n) is 3.40. The Morgan fingerprint density at radius 3 is 2.86 bits per heavy atom. The lowest BCUT2D eigenvalue weighted by molar-refractivity contribution is -0.152. The van der Waals surface area contributed by atoms with E-state index >= 15 is 0 Å². The highest BCUT2D eigenvalue weighted by atomic mass is 16.4.